The molecule has 1 aliphatic carbocycles. The first kappa shape index (κ1) is 21.9. The number of carbonyl (C=O) groups excluding carboxylic acids is 2. The normalized spacial score (nSPS) is 21.0. The monoisotopic (exact) mass is 435 g/mol. The third-order valence-corrected chi connectivity index (χ3v) is 6.21. The molecule has 0 saturated carbocycles. The Balaban J connectivity index is 2.11. The summed E-state index contributed by atoms with van der Waals surface area (Å²) < 4.78 is 5.52. The first-order chi connectivity index (χ1) is 13.6. The summed E-state index contributed by atoms with van der Waals surface area (Å²) in [7, 11) is 0. The number of benzene rings is 1. The second-order valence-corrected chi connectivity index (χ2v) is 9.41. The number of rotatable bonds is 5. The van der Waals surface area contributed by atoms with Gasteiger partial charge in [-0.15, -0.1) is 0 Å². The minimum atomic E-state index is -0.515. The molecule has 1 aromatic rings. The molecule has 6 heteroatoms. The van der Waals surface area contributed by atoms with Crippen LogP contribution in [0.3, 0.4) is 0 Å². The molecule has 4 nitrogen and oxygen atoms in total. The molecule has 1 heterocycles. The number of halogens is 2. The smallest absolute Gasteiger partial charge is 0.336 e. The van der Waals surface area contributed by atoms with Crippen LogP contribution in [0.25, 0.3) is 0 Å². The van der Waals surface area contributed by atoms with Crippen molar-refractivity contribution in [3.05, 3.63) is 56.3 Å². The Bertz CT molecular complexity index is 915. The molecular formula is C23H27Cl2NO3. The third kappa shape index (κ3) is 4.54. The van der Waals surface area contributed by atoms with Gasteiger partial charge in [-0.3, -0.25) is 4.79 Å². The lowest BCUT2D eigenvalue weighted by Crippen LogP contribution is -2.38. The Labute approximate surface area is 182 Å². The van der Waals surface area contributed by atoms with E-state index in [1.54, 1.807) is 12.1 Å². The molecule has 29 heavy (non-hydrogen) atoms. The van der Waals surface area contributed by atoms with E-state index in [0.717, 1.165) is 30.5 Å². The molecule has 0 bridgehead atoms. The Morgan fingerprint density at radius 3 is 2.62 bits per heavy atom. The average molecular weight is 436 g/mol. The fraction of sp³-hybridized carbons (Fsp3) is 0.478. The van der Waals surface area contributed by atoms with Crippen LogP contribution in [0.15, 0.2) is 40.7 Å². The fourth-order valence-electron chi connectivity index (χ4n) is 4.12. The van der Waals surface area contributed by atoms with Crippen LogP contribution in [0, 0.1) is 5.41 Å². The van der Waals surface area contributed by atoms with E-state index in [-0.39, 0.29) is 11.2 Å². The first-order valence-corrected chi connectivity index (χ1v) is 10.8. The van der Waals surface area contributed by atoms with Crippen molar-refractivity contribution < 1.29 is 14.3 Å². The molecule has 1 N–H and O–H groups in total. The number of ether oxygens (including phenoxy) is 1. The van der Waals surface area contributed by atoms with Gasteiger partial charge < -0.3 is 10.1 Å². The molecular weight excluding hydrogens is 409 g/mol. The van der Waals surface area contributed by atoms with E-state index in [2.05, 4.69) is 19.2 Å². The zero-order valence-electron chi connectivity index (χ0n) is 17.3. The van der Waals surface area contributed by atoms with E-state index in [1.807, 2.05) is 19.9 Å². The molecule has 0 fully saturated rings. The van der Waals surface area contributed by atoms with Crippen LogP contribution in [0.4, 0.5) is 0 Å². The lowest BCUT2D eigenvalue weighted by molar-refractivity contribution is -0.139. The van der Waals surface area contributed by atoms with E-state index in [9.17, 15) is 9.59 Å². The number of allylic oxidation sites excluding steroid dienone is 3. The van der Waals surface area contributed by atoms with E-state index < -0.39 is 11.9 Å². The zero-order chi connectivity index (χ0) is 21.3. The van der Waals surface area contributed by atoms with E-state index in [1.165, 1.54) is 0 Å². The molecule has 1 aromatic carbocycles. The van der Waals surface area contributed by atoms with Gasteiger partial charge in [0.05, 0.1) is 22.2 Å². The number of Topliss-reactive ketones (excluding diaryl/α,β-unsaturated/α-hetero) is 1. The second kappa shape index (κ2) is 8.53. The number of unbranched alkanes of at least 4 members (excludes halogenated alkanes) is 1. The number of nitrogens with one attached hydrogen (secondary N) is 1. The molecule has 3 rings (SSSR count). The van der Waals surface area contributed by atoms with Crippen LogP contribution < -0.4 is 5.32 Å². The Morgan fingerprint density at radius 1 is 1.24 bits per heavy atom. The lowest BCUT2D eigenvalue weighted by Gasteiger charge is -2.39. The molecule has 1 aliphatic heterocycles. The summed E-state index contributed by atoms with van der Waals surface area (Å²) in [6.45, 7) is 8.42. The lowest BCUT2D eigenvalue weighted by atomic mass is 9.68. The standard InChI is InChI=1S/C23H27Cl2NO3/c1-5-6-9-29-22(28)19-13(2)26-17-11-23(3,4)12-18(27)21(17)20(19)14-7-8-15(24)16(25)10-14/h7-8,10,20,26H,5-6,9,11-12H2,1-4H3. The third-order valence-electron chi connectivity index (χ3n) is 5.47. The van der Waals surface area contributed by atoms with E-state index in [4.69, 9.17) is 27.9 Å². The zero-order valence-corrected chi connectivity index (χ0v) is 18.8. The van der Waals surface area contributed by atoms with Crippen LogP contribution in [-0.2, 0) is 14.3 Å². The number of carbonyl (C=O) groups is 2. The highest BCUT2D eigenvalue weighted by atomic mass is 35.5. The van der Waals surface area contributed by atoms with Crippen molar-refractivity contribution in [2.75, 3.05) is 6.61 Å². The quantitative estimate of drug-likeness (QED) is 0.459. The number of hydrogen-bond acceptors (Lipinski definition) is 4. The van der Waals surface area contributed by atoms with Crippen molar-refractivity contribution in [1.82, 2.24) is 5.32 Å². The minimum absolute atomic E-state index is 0.0474. The maximum atomic E-state index is 13.2. The van der Waals surface area contributed by atoms with Crippen molar-refractivity contribution >= 4 is 35.0 Å². The number of esters is 1. The highest BCUT2D eigenvalue weighted by Crippen LogP contribution is 2.47. The topological polar surface area (TPSA) is 55.4 Å². The summed E-state index contributed by atoms with van der Waals surface area (Å²) in [6, 6.07) is 5.27. The highest BCUT2D eigenvalue weighted by molar-refractivity contribution is 6.42. The van der Waals surface area contributed by atoms with Gasteiger partial charge in [0, 0.05) is 29.3 Å². The first-order valence-electron chi connectivity index (χ1n) is 10.0. The van der Waals surface area contributed by atoms with Crippen molar-refractivity contribution in [2.24, 2.45) is 5.41 Å². The van der Waals surface area contributed by atoms with Gasteiger partial charge in [-0.1, -0.05) is 56.5 Å². The maximum Gasteiger partial charge on any atom is 0.336 e. The molecule has 0 amide bonds. The molecule has 0 aromatic heterocycles. The van der Waals surface area contributed by atoms with Crippen molar-refractivity contribution in [3.63, 3.8) is 0 Å². The van der Waals surface area contributed by atoms with Gasteiger partial charge in [-0.2, -0.15) is 0 Å². The Morgan fingerprint density at radius 2 is 1.97 bits per heavy atom. The number of dihydropyridines is 1. The van der Waals surface area contributed by atoms with Gasteiger partial charge in [-0.25, -0.2) is 4.79 Å². The van der Waals surface area contributed by atoms with Crippen LogP contribution >= 0.6 is 23.2 Å². The Kier molecular flexibility index (Phi) is 6.45. The van der Waals surface area contributed by atoms with E-state index in [0.29, 0.717) is 39.9 Å². The fourth-order valence-corrected chi connectivity index (χ4v) is 4.43. The Hall–Kier alpha value is -1.78. The largest absolute Gasteiger partial charge is 0.462 e. The molecule has 156 valence electrons. The number of ketones is 1. The summed E-state index contributed by atoms with van der Waals surface area (Å²) in [4.78, 5) is 26.2. The summed E-state index contributed by atoms with van der Waals surface area (Å²) >= 11 is 12.4. The van der Waals surface area contributed by atoms with Gasteiger partial charge in [0.25, 0.3) is 0 Å². The van der Waals surface area contributed by atoms with Crippen LogP contribution in [0.1, 0.15) is 64.9 Å². The number of hydrogen-bond donors (Lipinski definition) is 1. The summed E-state index contributed by atoms with van der Waals surface area (Å²) in [5, 5.41) is 4.16. The van der Waals surface area contributed by atoms with Crippen LogP contribution in [0.2, 0.25) is 10.0 Å². The van der Waals surface area contributed by atoms with E-state index >= 15 is 0 Å². The summed E-state index contributed by atoms with van der Waals surface area (Å²) in [6.07, 6.45) is 2.90. The van der Waals surface area contributed by atoms with Crippen LogP contribution in [-0.4, -0.2) is 18.4 Å². The van der Waals surface area contributed by atoms with Crippen molar-refractivity contribution in [2.45, 2.75) is 59.3 Å². The van der Waals surface area contributed by atoms with Crippen molar-refractivity contribution in [1.29, 1.82) is 0 Å². The highest BCUT2D eigenvalue weighted by Gasteiger charge is 2.43. The molecule has 0 radical (unpaired) electrons. The van der Waals surface area contributed by atoms with Gasteiger partial charge >= 0.3 is 5.97 Å². The van der Waals surface area contributed by atoms with Gasteiger partial charge in [-0.05, 0) is 42.9 Å². The predicted octanol–water partition coefficient (Wildman–Crippen LogP) is 5.94. The average Bonchev–Trinajstić information content (AvgIpc) is 2.61. The molecule has 2 aliphatic rings. The molecule has 1 unspecified atom stereocenters. The second-order valence-electron chi connectivity index (χ2n) is 8.59. The summed E-state index contributed by atoms with van der Waals surface area (Å²) in [5.41, 5.74) is 3.33. The SMILES string of the molecule is CCCCOC(=O)C1=C(C)NC2=C(C(=O)CC(C)(C)C2)C1c1ccc(Cl)c(Cl)c1. The van der Waals surface area contributed by atoms with Gasteiger partial charge in [0.15, 0.2) is 5.78 Å². The van der Waals surface area contributed by atoms with Gasteiger partial charge in [0.1, 0.15) is 0 Å². The predicted molar refractivity (Wildman–Crippen MR) is 116 cm³/mol. The maximum absolute atomic E-state index is 13.2. The molecule has 0 spiro atoms. The summed E-state index contributed by atoms with van der Waals surface area (Å²) in [5.74, 6) is -0.867. The molecule has 0 saturated heterocycles. The van der Waals surface area contributed by atoms with Crippen LogP contribution in [0.5, 0.6) is 0 Å². The molecule has 1 atom stereocenters. The van der Waals surface area contributed by atoms with Crippen molar-refractivity contribution in [3.8, 4) is 0 Å². The minimum Gasteiger partial charge on any atom is -0.462 e. The van der Waals surface area contributed by atoms with Gasteiger partial charge in [0.2, 0.25) is 0 Å².